The predicted molar refractivity (Wildman–Crippen MR) is 81.4 cm³/mol. The van der Waals surface area contributed by atoms with Gasteiger partial charge < -0.3 is 5.32 Å². The van der Waals surface area contributed by atoms with Gasteiger partial charge in [-0.1, -0.05) is 34.8 Å². The molecule has 2 aromatic rings. The molecular formula is C12H6BrCl3N2O. The summed E-state index contributed by atoms with van der Waals surface area (Å²) in [6.07, 6.45) is 1.53. The SMILES string of the molecule is O=C(Nc1cc(Br)cnc1Cl)c1cc(Cl)ccc1Cl. The second kappa shape index (κ2) is 6.09. The molecule has 0 unspecified atom stereocenters. The van der Waals surface area contributed by atoms with Crippen LogP contribution < -0.4 is 5.32 Å². The summed E-state index contributed by atoms with van der Waals surface area (Å²) in [7, 11) is 0. The van der Waals surface area contributed by atoms with Crippen LogP contribution >= 0.6 is 50.7 Å². The maximum absolute atomic E-state index is 12.1. The lowest BCUT2D eigenvalue weighted by molar-refractivity contribution is 0.102. The first-order valence-corrected chi connectivity index (χ1v) is 6.97. The number of carbonyl (C=O) groups excluding carboxylic acids is 1. The number of rotatable bonds is 2. The van der Waals surface area contributed by atoms with Crippen molar-refractivity contribution < 1.29 is 4.79 Å². The van der Waals surface area contributed by atoms with E-state index in [1.54, 1.807) is 18.2 Å². The molecule has 1 N–H and O–H groups in total. The Morgan fingerprint density at radius 2 is 1.95 bits per heavy atom. The molecule has 0 fully saturated rings. The quantitative estimate of drug-likeness (QED) is 0.740. The van der Waals surface area contributed by atoms with Crippen molar-refractivity contribution in [3.8, 4) is 0 Å². The molecule has 1 aromatic carbocycles. The van der Waals surface area contributed by atoms with Crippen LogP contribution in [0.25, 0.3) is 0 Å². The van der Waals surface area contributed by atoms with Crippen LogP contribution in [0.1, 0.15) is 10.4 Å². The molecule has 1 aromatic heterocycles. The zero-order chi connectivity index (χ0) is 14.0. The van der Waals surface area contributed by atoms with Gasteiger partial charge in [-0.25, -0.2) is 4.98 Å². The number of hydrogen-bond donors (Lipinski definition) is 1. The summed E-state index contributed by atoms with van der Waals surface area (Å²) in [5.41, 5.74) is 0.655. The highest BCUT2D eigenvalue weighted by molar-refractivity contribution is 9.10. The number of nitrogens with zero attached hydrogens (tertiary/aromatic N) is 1. The third-order valence-electron chi connectivity index (χ3n) is 2.23. The van der Waals surface area contributed by atoms with Gasteiger partial charge in [0.2, 0.25) is 0 Å². The minimum Gasteiger partial charge on any atom is -0.319 e. The number of anilines is 1. The molecular weight excluding hydrogens is 374 g/mol. The molecule has 7 heteroatoms. The van der Waals surface area contributed by atoms with E-state index < -0.39 is 5.91 Å². The third kappa shape index (κ3) is 3.60. The number of halogens is 4. The van der Waals surface area contributed by atoms with Crippen LogP contribution in [0, 0.1) is 0 Å². The molecule has 0 radical (unpaired) electrons. The molecule has 0 spiro atoms. The largest absolute Gasteiger partial charge is 0.319 e. The summed E-state index contributed by atoms with van der Waals surface area (Å²) in [5.74, 6) is -0.408. The van der Waals surface area contributed by atoms with Gasteiger partial charge in [-0.05, 0) is 40.2 Å². The van der Waals surface area contributed by atoms with Crippen LogP contribution in [0.5, 0.6) is 0 Å². The lowest BCUT2D eigenvalue weighted by atomic mass is 10.2. The van der Waals surface area contributed by atoms with Gasteiger partial charge in [-0.15, -0.1) is 0 Å². The highest BCUT2D eigenvalue weighted by Gasteiger charge is 2.13. The Hall–Kier alpha value is -0.810. The van der Waals surface area contributed by atoms with E-state index in [9.17, 15) is 4.79 Å². The van der Waals surface area contributed by atoms with Crippen LogP contribution in [0.15, 0.2) is 34.9 Å². The molecule has 0 aliphatic rings. The lowest BCUT2D eigenvalue weighted by Crippen LogP contribution is -2.13. The van der Waals surface area contributed by atoms with E-state index in [2.05, 4.69) is 26.2 Å². The Balaban J connectivity index is 2.30. The predicted octanol–water partition coefficient (Wildman–Crippen LogP) is 5.06. The van der Waals surface area contributed by atoms with Gasteiger partial charge in [0.15, 0.2) is 5.15 Å². The molecule has 0 saturated carbocycles. The smallest absolute Gasteiger partial charge is 0.257 e. The second-order valence-electron chi connectivity index (χ2n) is 3.57. The van der Waals surface area contributed by atoms with Crippen molar-refractivity contribution in [3.63, 3.8) is 0 Å². The zero-order valence-corrected chi connectivity index (χ0v) is 13.1. The number of hydrogen-bond acceptors (Lipinski definition) is 2. The van der Waals surface area contributed by atoms with Crippen LogP contribution in [0.2, 0.25) is 15.2 Å². The van der Waals surface area contributed by atoms with Gasteiger partial charge in [0.05, 0.1) is 16.3 Å². The van der Waals surface area contributed by atoms with Gasteiger partial charge in [0.25, 0.3) is 5.91 Å². The molecule has 0 aliphatic heterocycles. The van der Waals surface area contributed by atoms with Crippen molar-refractivity contribution in [1.82, 2.24) is 4.98 Å². The average molecular weight is 380 g/mol. The normalized spacial score (nSPS) is 10.3. The van der Waals surface area contributed by atoms with Crippen LogP contribution in [-0.4, -0.2) is 10.9 Å². The summed E-state index contributed by atoms with van der Waals surface area (Å²) in [6.45, 7) is 0. The van der Waals surface area contributed by atoms with E-state index in [1.807, 2.05) is 0 Å². The number of aromatic nitrogens is 1. The monoisotopic (exact) mass is 378 g/mol. The Kier molecular flexibility index (Phi) is 4.68. The first-order chi connectivity index (χ1) is 8.97. The van der Waals surface area contributed by atoms with Gasteiger partial charge in [0, 0.05) is 15.7 Å². The molecule has 1 amide bonds. The number of pyridine rings is 1. The topological polar surface area (TPSA) is 42.0 Å². The maximum Gasteiger partial charge on any atom is 0.257 e. The first kappa shape index (κ1) is 14.6. The van der Waals surface area contributed by atoms with Crippen LogP contribution in [0.3, 0.4) is 0 Å². The molecule has 3 nitrogen and oxygen atoms in total. The maximum atomic E-state index is 12.1. The third-order valence-corrected chi connectivity index (χ3v) is 3.53. The van der Waals surface area contributed by atoms with Crippen molar-refractivity contribution in [1.29, 1.82) is 0 Å². The van der Waals surface area contributed by atoms with Crippen molar-refractivity contribution in [3.05, 3.63) is 55.7 Å². The average Bonchev–Trinajstić information content (AvgIpc) is 2.36. The molecule has 0 aliphatic carbocycles. The molecule has 98 valence electrons. The van der Waals surface area contributed by atoms with E-state index >= 15 is 0 Å². The Morgan fingerprint density at radius 1 is 1.21 bits per heavy atom. The fourth-order valence-electron chi connectivity index (χ4n) is 1.37. The summed E-state index contributed by atoms with van der Waals surface area (Å²) >= 11 is 20.9. The molecule has 19 heavy (non-hydrogen) atoms. The van der Waals surface area contributed by atoms with E-state index in [-0.39, 0.29) is 10.7 Å². The Bertz CT molecular complexity index is 649. The molecule has 0 saturated heterocycles. The van der Waals surface area contributed by atoms with Crippen molar-refractivity contribution >= 4 is 62.3 Å². The van der Waals surface area contributed by atoms with Crippen LogP contribution in [0.4, 0.5) is 5.69 Å². The minimum atomic E-state index is -0.408. The van der Waals surface area contributed by atoms with Gasteiger partial charge >= 0.3 is 0 Å². The zero-order valence-electron chi connectivity index (χ0n) is 9.25. The summed E-state index contributed by atoms with van der Waals surface area (Å²) in [6, 6.07) is 6.29. The number of carbonyl (C=O) groups is 1. The lowest BCUT2D eigenvalue weighted by Gasteiger charge is -2.08. The number of benzene rings is 1. The van der Waals surface area contributed by atoms with Gasteiger partial charge in [-0.3, -0.25) is 4.79 Å². The minimum absolute atomic E-state index is 0.190. The van der Waals surface area contributed by atoms with E-state index in [1.165, 1.54) is 12.3 Å². The Morgan fingerprint density at radius 3 is 2.68 bits per heavy atom. The molecule has 0 bridgehead atoms. The number of nitrogens with one attached hydrogen (secondary N) is 1. The van der Waals surface area contributed by atoms with Gasteiger partial charge in [0.1, 0.15) is 0 Å². The van der Waals surface area contributed by atoms with E-state index in [0.717, 1.165) is 0 Å². The fraction of sp³-hybridized carbons (Fsp3) is 0. The summed E-state index contributed by atoms with van der Waals surface area (Å²) in [5, 5.41) is 3.55. The second-order valence-corrected chi connectivity index (χ2v) is 5.69. The highest BCUT2D eigenvalue weighted by Crippen LogP contribution is 2.26. The highest BCUT2D eigenvalue weighted by atomic mass is 79.9. The van der Waals surface area contributed by atoms with Crippen molar-refractivity contribution in [2.24, 2.45) is 0 Å². The first-order valence-electron chi connectivity index (χ1n) is 5.05. The molecule has 2 rings (SSSR count). The standard InChI is InChI=1S/C12H6BrCl3N2O/c13-6-3-10(11(16)17-5-6)18-12(19)8-4-7(14)1-2-9(8)15/h1-5H,(H,18,19). The van der Waals surface area contributed by atoms with Gasteiger partial charge in [-0.2, -0.15) is 0 Å². The summed E-state index contributed by atoms with van der Waals surface area (Å²) in [4.78, 5) is 16.0. The molecule has 1 heterocycles. The van der Waals surface area contributed by atoms with E-state index in [0.29, 0.717) is 20.2 Å². The van der Waals surface area contributed by atoms with Crippen LogP contribution in [-0.2, 0) is 0 Å². The number of amides is 1. The van der Waals surface area contributed by atoms with E-state index in [4.69, 9.17) is 34.8 Å². The Labute approximate surface area is 133 Å². The van der Waals surface area contributed by atoms with Crippen molar-refractivity contribution in [2.45, 2.75) is 0 Å². The fourth-order valence-corrected chi connectivity index (χ4v) is 2.23. The molecule has 0 atom stereocenters. The summed E-state index contributed by atoms with van der Waals surface area (Å²) < 4.78 is 0.699. The van der Waals surface area contributed by atoms with Crippen molar-refractivity contribution in [2.75, 3.05) is 5.32 Å².